The molecule has 0 amide bonds. The van der Waals surface area contributed by atoms with E-state index >= 15 is 0 Å². The summed E-state index contributed by atoms with van der Waals surface area (Å²) in [5.74, 6) is 4.15. The van der Waals surface area contributed by atoms with Crippen LogP contribution in [0.25, 0.3) is 0 Å². The number of hydrogen-bond donors (Lipinski definition) is 1. The van der Waals surface area contributed by atoms with Gasteiger partial charge in [-0.2, -0.15) is 5.10 Å². The molecule has 0 saturated heterocycles. The van der Waals surface area contributed by atoms with E-state index in [0.29, 0.717) is 12.5 Å². The van der Waals surface area contributed by atoms with Crippen molar-refractivity contribution in [1.82, 2.24) is 15.5 Å². The molecule has 4 nitrogen and oxygen atoms in total. The lowest BCUT2D eigenvalue weighted by molar-refractivity contribution is 0.546. The summed E-state index contributed by atoms with van der Waals surface area (Å²) in [7, 11) is 0. The fourth-order valence-electron chi connectivity index (χ4n) is 1.76. The highest BCUT2D eigenvalue weighted by molar-refractivity contribution is 5.38. The van der Waals surface area contributed by atoms with Crippen LogP contribution in [0, 0.1) is 18.3 Å². The molecule has 0 bridgehead atoms. The minimum absolute atomic E-state index is 0.577. The molecule has 0 spiro atoms. The minimum atomic E-state index is 0.577. The van der Waals surface area contributed by atoms with Gasteiger partial charge in [-0.1, -0.05) is 26.7 Å². The van der Waals surface area contributed by atoms with Crippen molar-refractivity contribution in [2.24, 2.45) is 5.92 Å². The first-order chi connectivity index (χ1) is 9.17. The van der Waals surface area contributed by atoms with Gasteiger partial charge >= 0.3 is 0 Å². The van der Waals surface area contributed by atoms with Crippen LogP contribution in [0.1, 0.15) is 32.9 Å². The second kappa shape index (κ2) is 8.49. The molecule has 0 atom stereocenters. The summed E-state index contributed by atoms with van der Waals surface area (Å²) < 4.78 is 0. The molecule has 1 rings (SSSR count). The standard InChI is InChI=1S/C15H24N4/c1-5-9-19(10-6-2)15-8-7-14(17-18-15)12-16-11-13(3)4/h1,7-8,13,16H,6,9-12H2,2-4H3. The Bertz CT molecular complexity index is 392. The molecule has 0 unspecified atom stereocenters. The second-order valence-electron chi connectivity index (χ2n) is 5.03. The largest absolute Gasteiger partial charge is 0.344 e. The molecule has 0 aliphatic heterocycles. The molecule has 0 saturated carbocycles. The fourth-order valence-corrected chi connectivity index (χ4v) is 1.76. The van der Waals surface area contributed by atoms with Crippen molar-refractivity contribution in [2.75, 3.05) is 24.5 Å². The number of terminal acetylenes is 1. The van der Waals surface area contributed by atoms with Gasteiger partial charge in [0.15, 0.2) is 5.82 Å². The highest BCUT2D eigenvalue weighted by Gasteiger charge is 2.06. The number of nitrogens with zero attached hydrogens (tertiary/aromatic N) is 3. The van der Waals surface area contributed by atoms with Gasteiger partial charge in [-0.05, 0) is 31.0 Å². The normalized spacial score (nSPS) is 10.5. The monoisotopic (exact) mass is 260 g/mol. The van der Waals surface area contributed by atoms with E-state index in [2.05, 4.69) is 47.1 Å². The van der Waals surface area contributed by atoms with E-state index < -0.39 is 0 Å². The summed E-state index contributed by atoms with van der Waals surface area (Å²) in [5, 5.41) is 11.8. The molecular weight excluding hydrogens is 236 g/mol. The van der Waals surface area contributed by atoms with Gasteiger partial charge in [-0.15, -0.1) is 11.5 Å². The second-order valence-corrected chi connectivity index (χ2v) is 5.03. The van der Waals surface area contributed by atoms with Crippen molar-refractivity contribution in [3.8, 4) is 12.3 Å². The summed E-state index contributed by atoms with van der Waals surface area (Å²) >= 11 is 0. The van der Waals surface area contributed by atoms with Crippen LogP contribution in [0.2, 0.25) is 0 Å². The predicted molar refractivity (Wildman–Crippen MR) is 79.9 cm³/mol. The molecule has 19 heavy (non-hydrogen) atoms. The molecule has 4 heteroatoms. The zero-order valence-electron chi connectivity index (χ0n) is 12.2. The SMILES string of the molecule is C#CCN(CCC)c1ccc(CNCC(C)C)nn1. The van der Waals surface area contributed by atoms with Crippen LogP contribution in [0.3, 0.4) is 0 Å². The topological polar surface area (TPSA) is 41.0 Å². The highest BCUT2D eigenvalue weighted by atomic mass is 15.3. The van der Waals surface area contributed by atoms with Gasteiger partial charge in [0.1, 0.15) is 0 Å². The van der Waals surface area contributed by atoms with Crippen molar-refractivity contribution in [1.29, 1.82) is 0 Å². The maximum Gasteiger partial charge on any atom is 0.152 e. The van der Waals surface area contributed by atoms with E-state index in [1.54, 1.807) is 0 Å². The lowest BCUT2D eigenvalue weighted by Gasteiger charge is -2.19. The number of nitrogens with one attached hydrogen (secondary N) is 1. The van der Waals surface area contributed by atoms with Crippen molar-refractivity contribution in [3.05, 3.63) is 17.8 Å². The van der Waals surface area contributed by atoms with Gasteiger partial charge in [-0.3, -0.25) is 0 Å². The van der Waals surface area contributed by atoms with Crippen LogP contribution in [-0.4, -0.2) is 29.8 Å². The Kier molecular flexibility index (Phi) is 6.91. The summed E-state index contributed by atoms with van der Waals surface area (Å²) in [6.45, 7) is 9.73. The van der Waals surface area contributed by atoms with Crippen molar-refractivity contribution in [2.45, 2.75) is 33.7 Å². The summed E-state index contributed by atoms with van der Waals surface area (Å²) in [6, 6.07) is 4.00. The number of hydrogen-bond acceptors (Lipinski definition) is 4. The zero-order valence-corrected chi connectivity index (χ0v) is 12.2. The molecule has 0 aromatic carbocycles. The van der Waals surface area contributed by atoms with Crippen LogP contribution in [0.15, 0.2) is 12.1 Å². The lowest BCUT2D eigenvalue weighted by atomic mass is 10.2. The highest BCUT2D eigenvalue weighted by Crippen LogP contribution is 2.09. The third kappa shape index (κ3) is 5.71. The molecule has 1 aromatic rings. The van der Waals surface area contributed by atoms with Crippen molar-refractivity contribution >= 4 is 5.82 Å². The van der Waals surface area contributed by atoms with Crippen LogP contribution in [0.4, 0.5) is 5.82 Å². The summed E-state index contributed by atoms with van der Waals surface area (Å²) in [5.41, 5.74) is 0.960. The molecular formula is C15H24N4. The Balaban J connectivity index is 2.56. The van der Waals surface area contributed by atoms with Gasteiger partial charge in [0.2, 0.25) is 0 Å². The van der Waals surface area contributed by atoms with E-state index in [9.17, 15) is 0 Å². The number of anilines is 1. The van der Waals surface area contributed by atoms with Crippen molar-refractivity contribution in [3.63, 3.8) is 0 Å². The molecule has 0 radical (unpaired) electrons. The van der Waals surface area contributed by atoms with Crippen LogP contribution < -0.4 is 10.2 Å². The van der Waals surface area contributed by atoms with Crippen LogP contribution >= 0.6 is 0 Å². The quantitative estimate of drug-likeness (QED) is 0.727. The van der Waals surface area contributed by atoms with Gasteiger partial charge in [0.05, 0.1) is 12.2 Å². The van der Waals surface area contributed by atoms with Gasteiger partial charge < -0.3 is 10.2 Å². The van der Waals surface area contributed by atoms with E-state index in [1.165, 1.54) is 0 Å². The first kappa shape index (κ1) is 15.5. The fraction of sp³-hybridized carbons (Fsp3) is 0.600. The molecule has 1 heterocycles. The summed E-state index contributed by atoms with van der Waals surface area (Å²) in [4.78, 5) is 2.07. The zero-order chi connectivity index (χ0) is 14.1. The Morgan fingerprint density at radius 1 is 1.37 bits per heavy atom. The Morgan fingerprint density at radius 3 is 2.68 bits per heavy atom. The van der Waals surface area contributed by atoms with E-state index in [4.69, 9.17) is 6.42 Å². The van der Waals surface area contributed by atoms with Crippen LogP contribution in [0.5, 0.6) is 0 Å². The average Bonchev–Trinajstić information content (AvgIpc) is 2.39. The Morgan fingerprint density at radius 2 is 2.16 bits per heavy atom. The molecule has 0 aliphatic rings. The predicted octanol–water partition coefficient (Wildman–Crippen LogP) is 2.07. The number of aromatic nitrogens is 2. The minimum Gasteiger partial charge on any atom is -0.344 e. The smallest absolute Gasteiger partial charge is 0.152 e. The maximum absolute atomic E-state index is 5.37. The first-order valence-electron chi connectivity index (χ1n) is 6.89. The van der Waals surface area contributed by atoms with Crippen LogP contribution in [-0.2, 0) is 6.54 Å². The molecule has 1 aromatic heterocycles. The average molecular weight is 260 g/mol. The van der Waals surface area contributed by atoms with E-state index in [-0.39, 0.29) is 0 Å². The van der Waals surface area contributed by atoms with Gasteiger partial charge in [0.25, 0.3) is 0 Å². The maximum atomic E-state index is 5.37. The molecule has 0 aliphatic carbocycles. The molecule has 0 fully saturated rings. The Hall–Kier alpha value is -1.60. The third-order valence-corrected chi connectivity index (χ3v) is 2.66. The van der Waals surface area contributed by atoms with Gasteiger partial charge in [0, 0.05) is 13.1 Å². The Labute approximate surface area is 116 Å². The third-order valence-electron chi connectivity index (χ3n) is 2.66. The van der Waals surface area contributed by atoms with Gasteiger partial charge in [-0.25, -0.2) is 0 Å². The van der Waals surface area contributed by atoms with Crippen molar-refractivity contribution < 1.29 is 0 Å². The number of rotatable bonds is 8. The molecule has 104 valence electrons. The lowest BCUT2D eigenvalue weighted by Crippen LogP contribution is -2.26. The van der Waals surface area contributed by atoms with E-state index in [0.717, 1.165) is 37.6 Å². The van der Waals surface area contributed by atoms with E-state index in [1.807, 2.05) is 12.1 Å². The first-order valence-corrected chi connectivity index (χ1v) is 6.89. The molecule has 1 N–H and O–H groups in total. The summed E-state index contributed by atoms with van der Waals surface area (Å²) in [6.07, 6.45) is 6.41.